The van der Waals surface area contributed by atoms with Crippen molar-refractivity contribution in [2.75, 3.05) is 18.4 Å². The molecule has 1 heterocycles. The Hall–Kier alpha value is -3.97. The number of nitrogens with zero attached hydrogens (tertiary/aromatic N) is 3. The Morgan fingerprint density at radius 3 is 2.37 bits per heavy atom. The van der Waals surface area contributed by atoms with Crippen LogP contribution in [0.1, 0.15) is 23.7 Å². The first-order valence-electron chi connectivity index (χ1n) is 11.2. The van der Waals surface area contributed by atoms with Crippen LogP contribution in [0.5, 0.6) is 0 Å². The summed E-state index contributed by atoms with van der Waals surface area (Å²) in [6.07, 6.45) is 0.663. The number of hydrogen-bond acceptors (Lipinski definition) is 3. The molecule has 6 nitrogen and oxygen atoms in total. The van der Waals surface area contributed by atoms with Crippen LogP contribution in [0.4, 0.5) is 10.2 Å². The number of benzene rings is 3. The predicted octanol–water partition coefficient (Wildman–Crippen LogP) is 5.82. The molecule has 0 aliphatic heterocycles. The Labute approximate surface area is 208 Å². The van der Waals surface area contributed by atoms with Crippen LogP contribution in [0, 0.1) is 5.82 Å². The standard InChI is InChI=1S/C27H24ClFN4O2/c1-2-16-32(27(35)20-12-14-21(29)15-13-20)18-26(34)30-25-17-23(19-8-4-3-5-9-19)31-33(25)24-11-7-6-10-22(24)28/h3-15,17H,2,16,18H2,1H3,(H,30,34). The number of rotatable bonds is 8. The fourth-order valence-electron chi connectivity index (χ4n) is 3.68. The van der Waals surface area contributed by atoms with Crippen LogP contribution >= 0.6 is 11.6 Å². The summed E-state index contributed by atoms with van der Waals surface area (Å²) in [6.45, 7) is 2.13. The molecule has 0 radical (unpaired) electrons. The minimum absolute atomic E-state index is 0.168. The fraction of sp³-hybridized carbons (Fsp3) is 0.148. The van der Waals surface area contributed by atoms with Crippen molar-refractivity contribution < 1.29 is 14.0 Å². The van der Waals surface area contributed by atoms with Crippen molar-refractivity contribution in [1.29, 1.82) is 0 Å². The topological polar surface area (TPSA) is 67.2 Å². The Morgan fingerprint density at radius 2 is 1.69 bits per heavy atom. The lowest BCUT2D eigenvalue weighted by Crippen LogP contribution is -2.38. The third-order valence-electron chi connectivity index (χ3n) is 5.33. The quantitative estimate of drug-likeness (QED) is 0.338. The van der Waals surface area contributed by atoms with E-state index in [1.54, 1.807) is 22.9 Å². The Kier molecular flexibility index (Phi) is 7.57. The molecule has 1 aromatic heterocycles. The van der Waals surface area contributed by atoms with Crippen LogP contribution in [-0.2, 0) is 4.79 Å². The summed E-state index contributed by atoms with van der Waals surface area (Å²) < 4.78 is 14.9. The Bertz CT molecular complexity index is 1320. The normalized spacial score (nSPS) is 10.7. The second kappa shape index (κ2) is 11.0. The van der Waals surface area contributed by atoms with Gasteiger partial charge in [0.05, 0.1) is 16.4 Å². The van der Waals surface area contributed by atoms with Crippen molar-refractivity contribution in [3.63, 3.8) is 0 Å². The van der Waals surface area contributed by atoms with E-state index in [1.165, 1.54) is 29.2 Å². The van der Waals surface area contributed by atoms with Gasteiger partial charge in [0.2, 0.25) is 5.91 Å². The molecule has 35 heavy (non-hydrogen) atoms. The van der Waals surface area contributed by atoms with Gasteiger partial charge in [0, 0.05) is 23.7 Å². The number of amides is 2. The predicted molar refractivity (Wildman–Crippen MR) is 135 cm³/mol. The van der Waals surface area contributed by atoms with Gasteiger partial charge in [0.1, 0.15) is 18.2 Å². The highest BCUT2D eigenvalue weighted by Crippen LogP contribution is 2.28. The van der Waals surface area contributed by atoms with E-state index < -0.39 is 5.82 Å². The lowest BCUT2D eigenvalue weighted by atomic mass is 10.1. The zero-order chi connectivity index (χ0) is 24.8. The Balaban J connectivity index is 1.61. The molecule has 0 aliphatic rings. The summed E-state index contributed by atoms with van der Waals surface area (Å²) >= 11 is 6.42. The van der Waals surface area contributed by atoms with Gasteiger partial charge >= 0.3 is 0 Å². The van der Waals surface area contributed by atoms with Crippen molar-refractivity contribution in [3.8, 4) is 16.9 Å². The van der Waals surface area contributed by atoms with E-state index in [0.717, 1.165) is 5.56 Å². The number of halogens is 2. The van der Waals surface area contributed by atoms with Gasteiger partial charge in [-0.2, -0.15) is 5.10 Å². The molecule has 1 N–H and O–H groups in total. The number of carbonyl (C=O) groups is 2. The van der Waals surface area contributed by atoms with E-state index in [-0.39, 0.29) is 18.4 Å². The molecule has 4 aromatic rings. The molecule has 0 aliphatic carbocycles. The van der Waals surface area contributed by atoms with E-state index in [2.05, 4.69) is 10.4 Å². The van der Waals surface area contributed by atoms with Gasteiger partial charge in [-0.1, -0.05) is 61.0 Å². The average molecular weight is 491 g/mol. The van der Waals surface area contributed by atoms with Crippen LogP contribution in [0.2, 0.25) is 5.02 Å². The van der Waals surface area contributed by atoms with E-state index in [4.69, 9.17) is 11.6 Å². The Morgan fingerprint density at radius 1 is 1.00 bits per heavy atom. The zero-order valence-corrected chi connectivity index (χ0v) is 19.9. The van der Waals surface area contributed by atoms with Gasteiger partial charge in [0.25, 0.3) is 5.91 Å². The second-order valence-corrected chi connectivity index (χ2v) is 8.33. The number of carbonyl (C=O) groups excluding carboxylic acids is 2. The highest BCUT2D eigenvalue weighted by Gasteiger charge is 2.21. The molecular formula is C27H24ClFN4O2. The van der Waals surface area contributed by atoms with Gasteiger partial charge in [-0.3, -0.25) is 9.59 Å². The van der Waals surface area contributed by atoms with Crippen LogP contribution in [0.3, 0.4) is 0 Å². The maximum Gasteiger partial charge on any atom is 0.254 e. The van der Waals surface area contributed by atoms with Crippen molar-refractivity contribution in [2.24, 2.45) is 0 Å². The molecule has 0 saturated heterocycles. The molecule has 4 rings (SSSR count). The molecule has 178 valence electrons. The summed E-state index contributed by atoms with van der Waals surface area (Å²) in [5, 5.41) is 8.03. The summed E-state index contributed by atoms with van der Waals surface area (Å²) in [7, 11) is 0. The van der Waals surface area contributed by atoms with Crippen LogP contribution in [0.15, 0.2) is 84.9 Å². The fourth-order valence-corrected chi connectivity index (χ4v) is 3.90. The molecule has 3 aromatic carbocycles. The van der Waals surface area contributed by atoms with Crippen LogP contribution < -0.4 is 5.32 Å². The monoisotopic (exact) mass is 490 g/mol. The maximum absolute atomic E-state index is 13.3. The van der Waals surface area contributed by atoms with Gasteiger partial charge in [-0.05, 0) is 42.8 Å². The molecule has 0 bridgehead atoms. The van der Waals surface area contributed by atoms with E-state index in [1.807, 2.05) is 49.4 Å². The number of aromatic nitrogens is 2. The first kappa shape index (κ1) is 24.2. The molecule has 0 spiro atoms. The highest BCUT2D eigenvalue weighted by molar-refractivity contribution is 6.32. The zero-order valence-electron chi connectivity index (χ0n) is 19.1. The van der Waals surface area contributed by atoms with Gasteiger partial charge in [0.15, 0.2) is 0 Å². The molecule has 0 saturated carbocycles. The van der Waals surface area contributed by atoms with Crippen LogP contribution in [-0.4, -0.2) is 39.6 Å². The van der Waals surface area contributed by atoms with Gasteiger partial charge < -0.3 is 10.2 Å². The largest absolute Gasteiger partial charge is 0.329 e. The van der Waals surface area contributed by atoms with Crippen LogP contribution in [0.25, 0.3) is 16.9 Å². The maximum atomic E-state index is 13.3. The number of anilines is 1. The second-order valence-electron chi connectivity index (χ2n) is 7.93. The average Bonchev–Trinajstić information content (AvgIpc) is 3.28. The van der Waals surface area contributed by atoms with Gasteiger partial charge in [-0.25, -0.2) is 9.07 Å². The molecule has 2 amide bonds. The van der Waals surface area contributed by atoms with E-state index in [0.29, 0.717) is 40.8 Å². The molecule has 0 fully saturated rings. The lowest BCUT2D eigenvalue weighted by Gasteiger charge is -2.22. The lowest BCUT2D eigenvalue weighted by molar-refractivity contribution is -0.116. The number of nitrogens with one attached hydrogen (secondary N) is 1. The first-order valence-corrected chi connectivity index (χ1v) is 11.6. The molecule has 0 atom stereocenters. The third-order valence-corrected chi connectivity index (χ3v) is 5.65. The van der Waals surface area contributed by atoms with Gasteiger partial charge in [-0.15, -0.1) is 0 Å². The molecule has 0 unspecified atom stereocenters. The molecular weight excluding hydrogens is 467 g/mol. The minimum atomic E-state index is -0.427. The van der Waals surface area contributed by atoms with Crippen molar-refractivity contribution in [3.05, 3.63) is 101 Å². The third kappa shape index (κ3) is 5.75. The number of hydrogen-bond donors (Lipinski definition) is 1. The van der Waals surface area contributed by atoms with Crippen molar-refractivity contribution in [2.45, 2.75) is 13.3 Å². The number of para-hydroxylation sites is 1. The molecule has 8 heteroatoms. The summed E-state index contributed by atoms with van der Waals surface area (Å²) in [5.74, 6) is -0.732. The van der Waals surface area contributed by atoms with E-state index >= 15 is 0 Å². The summed E-state index contributed by atoms with van der Waals surface area (Å²) in [4.78, 5) is 27.4. The first-order chi connectivity index (χ1) is 17.0. The van der Waals surface area contributed by atoms with Crippen molar-refractivity contribution >= 4 is 29.2 Å². The minimum Gasteiger partial charge on any atom is -0.329 e. The van der Waals surface area contributed by atoms with Crippen molar-refractivity contribution in [1.82, 2.24) is 14.7 Å². The summed E-state index contributed by atoms with van der Waals surface area (Å²) in [5.41, 5.74) is 2.47. The highest BCUT2D eigenvalue weighted by atomic mass is 35.5. The summed E-state index contributed by atoms with van der Waals surface area (Å²) in [6, 6.07) is 23.8. The smallest absolute Gasteiger partial charge is 0.254 e. The van der Waals surface area contributed by atoms with E-state index in [9.17, 15) is 14.0 Å². The SMILES string of the molecule is CCCN(CC(=O)Nc1cc(-c2ccccc2)nn1-c1ccccc1Cl)C(=O)c1ccc(F)cc1.